The molecular weight excluding hydrogens is 362 g/mol. The van der Waals surface area contributed by atoms with E-state index in [0.717, 1.165) is 5.69 Å². The van der Waals surface area contributed by atoms with Gasteiger partial charge in [0.15, 0.2) is 17.6 Å². The third kappa shape index (κ3) is 4.36. The molecule has 2 aromatic carbocycles. The van der Waals surface area contributed by atoms with Crippen molar-refractivity contribution in [2.45, 2.75) is 20.0 Å². The lowest BCUT2D eigenvalue weighted by Crippen LogP contribution is -2.40. The highest BCUT2D eigenvalue weighted by Crippen LogP contribution is 2.40. The van der Waals surface area contributed by atoms with E-state index in [4.69, 9.17) is 18.9 Å². The third-order valence-electron chi connectivity index (χ3n) is 4.21. The number of para-hydroxylation sites is 1. The minimum absolute atomic E-state index is 0.141. The molecule has 0 aromatic heterocycles. The lowest BCUT2D eigenvalue weighted by Gasteiger charge is -2.24. The number of hydrogen-bond acceptors (Lipinski definition) is 6. The van der Waals surface area contributed by atoms with Crippen molar-refractivity contribution in [1.29, 1.82) is 0 Å². The van der Waals surface area contributed by atoms with Gasteiger partial charge in [0.1, 0.15) is 5.56 Å². The van der Waals surface area contributed by atoms with Gasteiger partial charge in [-0.2, -0.15) is 0 Å². The van der Waals surface area contributed by atoms with Crippen LogP contribution in [0.3, 0.4) is 0 Å². The first-order valence-electron chi connectivity index (χ1n) is 8.84. The molecule has 150 valence electrons. The van der Waals surface area contributed by atoms with E-state index < -0.39 is 12.1 Å². The van der Waals surface area contributed by atoms with Gasteiger partial charge in [-0.15, -0.1) is 0 Å². The van der Waals surface area contributed by atoms with E-state index in [1.807, 2.05) is 37.3 Å². The van der Waals surface area contributed by atoms with Crippen LogP contribution in [-0.2, 0) is 9.53 Å². The van der Waals surface area contributed by atoms with Crippen LogP contribution in [0, 0.1) is 0 Å². The summed E-state index contributed by atoms with van der Waals surface area (Å²) in [5.41, 5.74) is 0.879. The molecule has 0 bridgehead atoms. The van der Waals surface area contributed by atoms with Crippen LogP contribution in [0.1, 0.15) is 24.2 Å². The fourth-order valence-corrected chi connectivity index (χ4v) is 2.83. The van der Waals surface area contributed by atoms with Crippen LogP contribution in [0.15, 0.2) is 42.5 Å². The van der Waals surface area contributed by atoms with Crippen molar-refractivity contribution in [2.24, 2.45) is 0 Å². The third-order valence-corrected chi connectivity index (χ3v) is 4.21. The van der Waals surface area contributed by atoms with E-state index in [1.54, 1.807) is 17.9 Å². The summed E-state index contributed by atoms with van der Waals surface area (Å²) in [6.45, 7) is 3.85. The smallest absolute Gasteiger partial charge is 0.342 e. The van der Waals surface area contributed by atoms with Crippen molar-refractivity contribution in [1.82, 2.24) is 0 Å². The number of carbonyl (C=O) groups excluding carboxylic acids is 2. The first-order chi connectivity index (χ1) is 13.5. The van der Waals surface area contributed by atoms with Crippen LogP contribution >= 0.6 is 0 Å². The minimum Gasteiger partial charge on any atom is -0.493 e. The summed E-state index contributed by atoms with van der Waals surface area (Å²) in [6.07, 6.45) is -0.981. The Bertz CT molecular complexity index is 821. The predicted octanol–water partition coefficient (Wildman–Crippen LogP) is 3.31. The van der Waals surface area contributed by atoms with Gasteiger partial charge in [-0.1, -0.05) is 18.2 Å². The summed E-state index contributed by atoms with van der Waals surface area (Å²) in [4.78, 5) is 27.0. The largest absolute Gasteiger partial charge is 0.493 e. The first kappa shape index (κ1) is 21.1. The van der Waals surface area contributed by atoms with Crippen LogP contribution in [0.2, 0.25) is 0 Å². The van der Waals surface area contributed by atoms with Gasteiger partial charge in [0, 0.05) is 12.2 Å². The van der Waals surface area contributed by atoms with Gasteiger partial charge in [-0.05, 0) is 38.1 Å². The molecular formula is C21H25NO6. The molecule has 0 spiro atoms. The fraction of sp³-hybridized carbons (Fsp3) is 0.333. The first-order valence-corrected chi connectivity index (χ1v) is 8.84. The zero-order valence-electron chi connectivity index (χ0n) is 16.7. The Morgan fingerprint density at radius 3 is 2.11 bits per heavy atom. The maximum absolute atomic E-state index is 12.8. The van der Waals surface area contributed by atoms with Crippen LogP contribution in [0.4, 0.5) is 5.69 Å². The molecule has 0 aliphatic rings. The second-order valence-corrected chi connectivity index (χ2v) is 5.85. The van der Waals surface area contributed by atoms with Gasteiger partial charge in [0.05, 0.1) is 21.3 Å². The van der Waals surface area contributed by atoms with Crippen LogP contribution < -0.4 is 19.1 Å². The highest BCUT2D eigenvalue weighted by molar-refractivity contribution is 6.00. The molecule has 0 saturated heterocycles. The molecule has 7 heteroatoms. The van der Waals surface area contributed by atoms with Crippen LogP contribution in [-0.4, -0.2) is 45.9 Å². The van der Waals surface area contributed by atoms with Crippen LogP contribution in [0.25, 0.3) is 0 Å². The number of esters is 1. The Balaban J connectivity index is 2.23. The lowest BCUT2D eigenvalue weighted by atomic mass is 10.1. The number of carbonyl (C=O) groups is 2. The van der Waals surface area contributed by atoms with Crippen molar-refractivity contribution >= 4 is 17.6 Å². The van der Waals surface area contributed by atoms with Gasteiger partial charge < -0.3 is 23.8 Å². The van der Waals surface area contributed by atoms with Crippen molar-refractivity contribution in [2.75, 3.05) is 32.8 Å². The Morgan fingerprint density at radius 2 is 1.57 bits per heavy atom. The van der Waals surface area contributed by atoms with Gasteiger partial charge in [0.25, 0.3) is 5.91 Å². The highest BCUT2D eigenvalue weighted by Gasteiger charge is 2.27. The number of ether oxygens (including phenoxy) is 4. The number of rotatable bonds is 8. The highest BCUT2D eigenvalue weighted by atomic mass is 16.6. The molecule has 1 atom stereocenters. The molecule has 0 aliphatic heterocycles. The summed E-state index contributed by atoms with van der Waals surface area (Å²) >= 11 is 0. The normalized spacial score (nSPS) is 11.3. The molecule has 2 rings (SSSR count). The Labute approximate surface area is 164 Å². The van der Waals surface area contributed by atoms with Crippen LogP contribution in [0.5, 0.6) is 17.2 Å². The lowest BCUT2D eigenvalue weighted by molar-refractivity contribution is -0.126. The van der Waals surface area contributed by atoms with Crippen molar-refractivity contribution < 1.29 is 28.5 Å². The molecule has 0 unspecified atom stereocenters. The summed E-state index contributed by atoms with van der Waals surface area (Å²) in [5.74, 6) is -0.134. The maximum Gasteiger partial charge on any atom is 0.342 e. The van der Waals surface area contributed by atoms with E-state index in [0.29, 0.717) is 12.3 Å². The van der Waals surface area contributed by atoms with E-state index in [2.05, 4.69) is 0 Å². The number of nitrogens with zero attached hydrogens (tertiary/aromatic N) is 1. The SMILES string of the molecule is CCN(C(=O)[C@@H](C)OC(=O)c1ccc(OC)c(OC)c1OC)c1ccccc1. The van der Waals surface area contributed by atoms with Gasteiger partial charge in [-0.25, -0.2) is 4.79 Å². The summed E-state index contributed by atoms with van der Waals surface area (Å²) in [7, 11) is 4.34. The molecule has 0 heterocycles. The average Bonchev–Trinajstić information content (AvgIpc) is 2.73. The van der Waals surface area contributed by atoms with Crippen molar-refractivity contribution in [3.63, 3.8) is 0 Å². The molecule has 0 saturated carbocycles. The van der Waals surface area contributed by atoms with E-state index in [9.17, 15) is 9.59 Å². The monoisotopic (exact) mass is 387 g/mol. The minimum atomic E-state index is -0.981. The molecule has 0 aliphatic carbocycles. The van der Waals surface area contributed by atoms with Gasteiger partial charge in [0.2, 0.25) is 5.75 Å². The molecule has 0 radical (unpaired) electrons. The fourth-order valence-electron chi connectivity index (χ4n) is 2.83. The number of anilines is 1. The molecule has 0 N–H and O–H groups in total. The predicted molar refractivity (Wildman–Crippen MR) is 105 cm³/mol. The number of methoxy groups -OCH3 is 3. The van der Waals surface area contributed by atoms with Gasteiger partial charge >= 0.3 is 5.97 Å². The summed E-state index contributed by atoms with van der Waals surface area (Å²) in [6, 6.07) is 12.3. The Morgan fingerprint density at radius 1 is 0.929 bits per heavy atom. The number of hydrogen-bond donors (Lipinski definition) is 0. The molecule has 0 fully saturated rings. The second-order valence-electron chi connectivity index (χ2n) is 5.85. The Kier molecular flexibility index (Phi) is 7.26. The number of benzene rings is 2. The second kappa shape index (κ2) is 9.64. The van der Waals surface area contributed by atoms with E-state index in [1.165, 1.54) is 27.4 Å². The maximum atomic E-state index is 12.8. The molecule has 7 nitrogen and oxygen atoms in total. The van der Waals surface area contributed by atoms with Crippen molar-refractivity contribution in [3.05, 3.63) is 48.0 Å². The van der Waals surface area contributed by atoms with Gasteiger partial charge in [-0.3, -0.25) is 4.79 Å². The zero-order chi connectivity index (χ0) is 20.7. The quantitative estimate of drug-likeness (QED) is 0.647. The number of likely N-dealkylation sites (N-methyl/N-ethyl adjacent to an activating group) is 1. The Hall–Kier alpha value is -3.22. The molecule has 28 heavy (non-hydrogen) atoms. The average molecular weight is 387 g/mol. The molecule has 1 amide bonds. The summed E-state index contributed by atoms with van der Waals surface area (Å²) in [5, 5.41) is 0. The van der Waals surface area contributed by atoms with E-state index in [-0.39, 0.29) is 23.0 Å². The molecule has 2 aromatic rings. The van der Waals surface area contributed by atoms with E-state index >= 15 is 0 Å². The zero-order valence-corrected chi connectivity index (χ0v) is 16.7. The topological polar surface area (TPSA) is 74.3 Å². The number of amides is 1. The summed E-state index contributed by atoms with van der Waals surface area (Å²) < 4.78 is 21.2. The standard InChI is InChI=1S/C21H25NO6/c1-6-22(15-10-8-7-9-11-15)20(23)14(2)28-21(24)16-12-13-17(25-3)19(27-5)18(16)26-4/h7-14H,6H2,1-5H3/t14-/m1/s1. The van der Waals surface area contributed by atoms with Crippen molar-refractivity contribution in [3.8, 4) is 17.2 Å².